The molecule has 1 aliphatic carbocycles. The number of carbonyl (C=O) groups excluding carboxylic acids is 1. The van der Waals surface area contributed by atoms with Crippen molar-refractivity contribution in [3.8, 4) is 0 Å². The average molecular weight is 526 g/mol. The molecule has 4 rings (SSSR count). The van der Waals surface area contributed by atoms with Gasteiger partial charge < -0.3 is 20.3 Å². The lowest BCUT2D eigenvalue weighted by atomic mass is 9.88. The number of nitrogen functional groups attached to an aromatic ring is 1. The number of aryl methyl sites for hydroxylation is 1. The molecule has 3 aromatic rings. The van der Waals surface area contributed by atoms with E-state index in [1.54, 1.807) is 4.90 Å². The Kier molecular flexibility index (Phi) is 9.69. The molecule has 2 aromatic carbocycles. The summed E-state index contributed by atoms with van der Waals surface area (Å²) in [5.41, 5.74) is 9.95. The number of hydrogen-bond acceptors (Lipinski definition) is 4. The molecule has 198 valence electrons. The maximum Gasteiger partial charge on any atom is 0.303 e. The normalized spacial score (nSPS) is 13.8. The van der Waals surface area contributed by atoms with Gasteiger partial charge in [-0.1, -0.05) is 43.5 Å². The number of carboxylic acids is 1. The minimum atomic E-state index is -0.786. The number of amides is 1. The van der Waals surface area contributed by atoms with Crippen LogP contribution in [0.5, 0.6) is 0 Å². The van der Waals surface area contributed by atoms with Crippen LogP contribution in [0.4, 0.5) is 5.69 Å². The topological polar surface area (TPSA) is 125 Å². The Morgan fingerprint density at radius 1 is 1.11 bits per heavy atom. The quantitative estimate of drug-likeness (QED) is 0.192. The zero-order chi connectivity index (χ0) is 25.7. The van der Waals surface area contributed by atoms with Gasteiger partial charge in [0.15, 0.2) is 0 Å². The lowest BCUT2D eigenvalue weighted by Crippen LogP contribution is -2.33. The highest BCUT2D eigenvalue weighted by Gasteiger charge is 2.25. The fourth-order valence-corrected chi connectivity index (χ4v) is 5.04. The van der Waals surface area contributed by atoms with Gasteiger partial charge in [-0.15, -0.1) is 12.4 Å². The summed E-state index contributed by atoms with van der Waals surface area (Å²) >= 11 is 0. The minimum Gasteiger partial charge on any atom is -0.481 e. The zero-order valence-corrected chi connectivity index (χ0v) is 22.1. The van der Waals surface area contributed by atoms with Crippen LogP contribution in [0, 0.1) is 11.3 Å². The van der Waals surface area contributed by atoms with E-state index in [0.29, 0.717) is 24.9 Å². The number of aromatic nitrogens is 2. The molecule has 0 saturated heterocycles. The van der Waals surface area contributed by atoms with Gasteiger partial charge in [0.05, 0.1) is 11.0 Å². The maximum absolute atomic E-state index is 13.1. The van der Waals surface area contributed by atoms with Crippen molar-refractivity contribution in [2.24, 2.45) is 11.7 Å². The second-order valence-corrected chi connectivity index (χ2v) is 9.72. The molecular weight excluding hydrogens is 490 g/mol. The molecule has 0 bridgehead atoms. The number of imidazole rings is 1. The van der Waals surface area contributed by atoms with Gasteiger partial charge in [0.1, 0.15) is 11.7 Å². The van der Waals surface area contributed by atoms with Gasteiger partial charge in [-0.25, -0.2) is 4.98 Å². The first-order valence-electron chi connectivity index (χ1n) is 12.8. The number of halogens is 1. The number of aliphatic carboxylic acids is 1. The van der Waals surface area contributed by atoms with Gasteiger partial charge >= 0.3 is 5.97 Å². The average Bonchev–Trinajstić information content (AvgIpc) is 3.22. The number of anilines is 1. The first kappa shape index (κ1) is 28.2. The first-order valence-corrected chi connectivity index (χ1v) is 12.8. The molecule has 37 heavy (non-hydrogen) atoms. The van der Waals surface area contributed by atoms with Crippen LogP contribution in [0.25, 0.3) is 11.0 Å². The number of amidine groups is 1. The van der Waals surface area contributed by atoms with Crippen molar-refractivity contribution in [1.29, 1.82) is 5.41 Å². The summed E-state index contributed by atoms with van der Waals surface area (Å²) in [6.45, 7) is 0.667. The Hall–Kier alpha value is -3.39. The molecule has 1 fully saturated rings. The zero-order valence-electron chi connectivity index (χ0n) is 21.3. The van der Waals surface area contributed by atoms with Crippen molar-refractivity contribution in [2.75, 3.05) is 11.9 Å². The number of benzene rings is 2. The molecule has 8 nitrogen and oxygen atoms in total. The summed E-state index contributed by atoms with van der Waals surface area (Å²) in [5, 5.41) is 16.6. The van der Waals surface area contributed by atoms with E-state index in [1.807, 2.05) is 49.5 Å². The van der Waals surface area contributed by atoms with Crippen molar-refractivity contribution in [1.82, 2.24) is 9.55 Å². The number of hydrogen-bond donors (Lipinski definition) is 3. The monoisotopic (exact) mass is 525 g/mol. The SMILES string of the molecule is CN(C(=O)C1CCCCC1)c1ccc2c(c1)nc(Cc1ccc(C(=N)N)cc1)n2CCCCC(=O)O.Cl. The van der Waals surface area contributed by atoms with E-state index in [2.05, 4.69) is 4.57 Å². The van der Waals surface area contributed by atoms with Crippen LogP contribution in [0.2, 0.25) is 0 Å². The Bertz CT molecular complexity index is 1250. The molecule has 1 aromatic heterocycles. The second kappa shape index (κ2) is 12.7. The molecule has 1 saturated carbocycles. The van der Waals surface area contributed by atoms with Crippen molar-refractivity contribution < 1.29 is 14.7 Å². The van der Waals surface area contributed by atoms with Crippen LogP contribution in [0.1, 0.15) is 68.3 Å². The van der Waals surface area contributed by atoms with E-state index in [0.717, 1.165) is 60.2 Å². The number of rotatable bonds is 10. The summed E-state index contributed by atoms with van der Waals surface area (Å²) in [6, 6.07) is 13.5. The molecule has 4 N–H and O–H groups in total. The van der Waals surface area contributed by atoms with Crippen LogP contribution in [0.3, 0.4) is 0 Å². The highest BCUT2D eigenvalue weighted by atomic mass is 35.5. The molecule has 1 heterocycles. The fraction of sp³-hybridized carbons (Fsp3) is 0.429. The summed E-state index contributed by atoms with van der Waals surface area (Å²) in [7, 11) is 1.85. The predicted octanol–water partition coefficient (Wildman–Crippen LogP) is 5.13. The van der Waals surface area contributed by atoms with Crippen LogP contribution in [0.15, 0.2) is 42.5 Å². The number of carbonyl (C=O) groups is 2. The van der Waals surface area contributed by atoms with Crippen molar-refractivity contribution in [2.45, 2.75) is 64.3 Å². The molecule has 0 unspecified atom stereocenters. The molecule has 0 radical (unpaired) electrons. The van der Waals surface area contributed by atoms with Crippen molar-refractivity contribution >= 4 is 46.8 Å². The summed E-state index contributed by atoms with van der Waals surface area (Å²) < 4.78 is 2.16. The van der Waals surface area contributed by atoms with Gasteiger partial charge in [0, 0.05) is 43.6 Å². The summed E-state index contributed by atoms with van der Waals surface area (Å²) in [6.07, 6.45) is 7.44. The number of fused-ring (bicyclic) bond motifs is 1. The Balaban J connectivity index is 0.00000380. The molecular formula is C28H36ClN5O3. The number of carboxylic acid groups (broad SMARTS) is 1. The molecule has 9 heteroatoms. The van der Waals surface area contributed by atoms with Crippen LogP contribution < -0.4 is 10.6 Å². The standard InChI is InChI=1S/C28H35N5O3.ClH/c1-32(28(36)21-7-3-2-4-8-21)22-14-15-24-23(18-22)31-25(33(24)16-6-5-9-26(34)35)17-19-10-12-20(13-11-19)27(29)30;/h10-15,18,21H,2-9,16-17H2,1H3,(H3,29,30)(H,34,35);1H. The highest BCUT2D eigenvalue weighted by molar-refractivity contribution is 5.96. The van der Waals surface area contributed by atoms with Gasteiger partial charge in [-0.3, -0.25) is 15.0 Å². The second-order valence-electron chi connectivity index (χ2n) is 9.72. The van der Waals surface area contributed by atoms with Gasteiger partial charge in [-0.05, 0) is 49.4 Å². The smallest absolute Gasteiger partial charge is 0.303 e. The predicted molar refractivity (Wildman–Crippen MR) is 149 cm³/mol. The van der Waals surface area contributed by atoms with Crippen LogP contribution in [-0.4, -0.2) is 39.4 Å². The Morgan fingerprint density at radius 2 is 1.81 bits per heavy atom. The number of nitrogens with two attached hydrogens (primary N) is 1. The number of unbranched alkanes of at least 4 members (excludes halogenated alkanes) is 1. The third-order valence-corrected chi connectivity index (χ3v) is 7.13. The van der Waals surface area contributed by atoms with E-state index in [9.17, 15) is 9.59 Å². The number of nitrogens with one attached hydrogen (secondary N) is 1. The van der Waals surface area contributed by atoms with Gasteiger partial charge in [-0.2, -0.15) is 0 Å². The Morgan fingerprint density at radius 3 is 2.46 bits per heavy atom. The van der Waals surface area contributed by atoms with Crippen LogP contribution >= 0.6 is 12.4 Å². The Labute approximate surface area is 223 Å². The van der Waals surface area contributed by atoms with Crippen LogP contribution in [-0.2, 0) is 22.6 Å². The maximum atomic E-state index is 13.1. The van der Waals surface area contributed by atoms with E-state index < -0.39 is 5.97 Å². The number of nitrogens with zero attached hydrogens (tertiary/aromatic N) is 3. The molecule has 1 aliphatic rings. The molecule has 0 atom stereocenters. The first-order chi connectivity index (χ1) is 17.3. The van der Waals surface area contributed by atoms with E-state index in [-0.39, 0.29) is 36.5 Å². The molecule has 0 spiro atoms. The van der Waals surface area contributed by atoms with Crippen molar-refractivity contribution in [3.05, 3.63) is 59.4 Å². The molecule has 0 aliphatic heterocycles. The van der Waals surface area contributed by atoms with E-state index >= 15 is 0 Å². The van der Waals surface area contributed by atoms with Crippen molar-refractivity contribution in [3.63, 3.8) is 0 Å². The largest absolute Gasteiger partial charge is 0.481 e. The third-order valence-electron chi connectivity index (χ3n) is 7.13. The van der Waals surface area contributed by atoms with E-state index in [4.69, 9.17) is 21.2 Å². The van der Waals surface area contributed by atoms with Gasteiger partial charge in [0.25, 0.3) is 0 Å². The fourth-order valence-electron chi connectivity index (χ4n) is 5.04. The lowest BCUT2D eigenvalue weighted by Gasteiger charge is -2.26. The minimum absolute atomic E-state index is 0. The highest BCUT2D eigenvalue weighted by Crippen LogP contribution is 2.29. The summed E-state index contributed by atoms with van der Waals surface area (Å²) in [5.74, 6) is 0.403. The van der Waals surface area contributed by atoms with Gasteiger partial charge in [0.2, 0.25) is 5.91 Å². The van der Waals surface area contributed by atoms with E-state index in [1.165, 1.54) is 6.42 Å². The summed E-state index contributed by atoms with van der Waals surface area (Å²) in [4.78, 5) is 30.7. The third kappa shape index (κ3) is 6.89. The lowest BCUT2D eigenvalue weighted by molar-refractivity contribution is -0.137. The molecule has 1 amide bonds.